The molecule has 3 N–H and O–H groups in total. The van der Waals surface area contributed by atoms with E-state index >= 15 is 0 Å². The Bertz CT molecular complexity index is 518. The van der Waals surface area contributed by atoms with Gasteiger partial charge < -0.3 is 11.1 Å². The summed E-state index contributed by atoms with van der Waals surface area (Å²) < 4.78 is 0. The van der Waals surface area contributed by atoms with Gasteiger partial charge >= 0.3 is 5.69 Å². The molecule has 7 nitrogen and oxygen atoms in total. The second-order valence-electron chi connectivity index (χ2n) is 4.83. The minimum atomic E-state index is -0.476. The summed E-state index contributed by atoms with van der Waals surface area (Å²) in [5.74, 6) is -0.457. The fourth-order valence-corrected chi connectivity index (χ4v) is 2.45. The predicted octanol–water partition coefficient (Wildman–Crippen LogP) is 1.36. The minimum Gasteiger partial charge on any atom is -0.369 e. The molecule has 1 fully saturated rings. The zero-order valence-electron chi connectivity index (χ0n) is 10.6. The van der Waals surface area contributed by atoms with Crippen LogP contribution in [-0.4, -0.2) is 21.9 Å². The molecular weight excluding hydrogens is 248 g/mol. The average molecular weight is 264 g/mol. The van der Waals surface area contributed by atoms with Crippen molar-refractivity contribution in [1.82, 2.24) is 4.98 Å². The summed E-state index contributed by atoms with van der Waals surface area (Å²) in [6.07, 6.45) is 3.92. The maximum Gasteiger partial charge on any atom is 0.311 e. The van der Waals surface area contributed by atoms with Crippen molar-refractivity contribution >= 4 is 17.4 Å². The molecule has 1 aromatic rings. The van der Waals surface area contributed by atoms with Crippen LogP contribution >= 0.6 is 0 Å². The molecule has 0 saturated heterocycles. The maximum absolute atomic E-state index is 11.3. The standard InChI is InChI=1S/C12H16N4O3/c1-7-5-10(16(18)19)12(14-6-7)15-9-4-2-3-8(9)11(13)17/h5-6,8-9H,2-4H2,1H3,(H2,13,17)(H,14,15)/t8-,9-/m1/s1. The molecule has 102 valence electrons. The Morgan fingerprint density at radius 2 is 2.32 bits per heavy atom. The van der Waals surface area contributed by atoms with Gasteiger partial charge in [-0.25, -0.2) is 4.98 Å². The Kier molecular flexibility index (Phi) is 3.64. The van der Waals surface area contributed by atoms with Crippen molar-refractivity contribution in [2.24, 2.45) is 11.7 Å². The first-order chi connectivity index (χ1) is 8.99. The molecule has 0 aliphatic heterocycles. The number of pyridine rings is 1. The maximum atomic E-state index is 11.3. The van der Waals surface area contributed by atoms with Crippen molar-refractivity contribution in [3.8, 4) is 0 Å². The Labute approximate surface area is 110 Å². The SMILES string of the molecule is Cc1cnc(N[C@@H]2CCC[C@H]2C(N)=O)c([N+](=O)[O-])c1. The largest absolute Gasteiger partial charge is 0.369 e. The van der Waals surface area contributed by atoms with Gasteiger partial charge in [-0.3, -0.25) is 14.9 Å². The second kappa shape index (κ2) is 5.21. The number of hydrogen-bond donors (Lipinski definition) is 2. The summed E-state index contributed by atoms with van der Waals surface area (Å²) in [4.78, 5) is 25.9. The Morgan fingerprint density at radius 3 is 2.95 bits per heavy atom. The van der Waals surface area contributed by atoms with E-state index < -0.39 is 4.92 Å². The Morgan fingerprint density at radius 1 is 1.58 bits per heavy atom. The number of anilines is 1. The smallest absolute Gasteiger partial charge is 0.311 e. The van der Waals surface area contributed by atoms with Crippen LogP contribution in [-0.2, 0) is 4.79 Å². The van der Waals surface area contributed by atoms with Crippen LogP contribution < -0.4 is 11.1 Å². The molecule has 2 atom stereocenters. The topological polar surface area (TPSA) is 111 Å². The molecule has 2 rings (SSSR count). The number of nitrogens with two attached hydrogens (primary N) is 1. The lowest BCUT2D eigenvalue weighted by molar-refractivity contribution is -0.384. The summed E-state index contributed by atoms with van der Waals surface area (Å²) in [5.41, 5.74) is 5.97. The van der Waals surface area contributed by atoms with E-state index in [1.54, 1.807) is 13.1 Å². The molecule has 19 heavy (non-hydrogen) atoms. The van der Waals surface area contributed by atoms with Crippen LogP contribution in [0, 0.1) is 23.0 Å². The fourth-order valence-electron chi connectivity index (χ4n) is 2.45. The minimum absolute atomic E-state index is 0.0740. The molecule has 7 heteroatoms. The van der Waals surface area contributed by atoms with Crippen LogP contribution in [0.15, 0.2) is 12.3 Å². The van der Waals surface area contributed by atoms with E-state index in [2.05, 4.69) is 10.3 Å². The highest BCUT2D eigenvalue weighted by molar-refractivity contribution is 5.78. The first kappa shape index (κ1) is 13.3. The zero-order chi connectivity index (χ0) is 14.0. The van der Waals surface area contributed by atoms with E-state index in [0.29, 0.717) is 6.42 Å². The van der Waals surface area contributed by atoms with Gasteiger partial charge in [0.05, 0.1) is 10.8 Å². The summed E-state index contributed by atoms with van der Waals surface area (Å²) in [6.45, 7) is 1.74. The Hall–Kier alpha value is -2.18. The second-order valence-corrected chi connectivity index (χ2v) is 4.83. The number of hydrogen-bond acceptors (Lipinski definition) is 5. The van der Waals surface area contributed by atoms with Gasteiger partial charge in [0.25, 0.3) is 0 Å². The average Bonchev–Trinajstić information content (AvgIpc) is 2.79. The first-order valence-electron chi connectivity index (χ1n) is 6.16. The van der Waals surface area contributed by atoms with Gasteiger partial charge in [-0.1, -0.05) is 6.42 Å². The highest BCUT2D eigenvalue weighted by Gasteiger charge is 2.33. The molecule has 1 aliphatic carbocycles. The van der Waals surface area contributed by atoms with E-state index in [-0.39, 0.29) is 29.4 Å². The van der Waals surface area contributed by atoms with Gasteiger partial charge in [0.15, 0.2) is 0 Å². The predicted molar refractivity (Wildman–Crippen MR) is 69.6 cm³/mol. The van der Waals surface area contributed by atoms with Crippen molar-refractivity contribution in [1.29, 1.82) is 0 Å². The molecule has 0 spiro atoms. The van der Waals surface area contributed by atoms with Crippen molar-refractivity contribution < 1.29 is 9.72 Å². The van der Waals surface area contributed by atoms with E-state index in [9.17, 15) is 14.9 Å². The fraction of sp³-hybridized carbons (Fsp3) is 0.500. The quantitative estimate of drug-likeness (QED) is 0.630. The molecule has 1 aliphatic rings. The zero-order valence-corrected chi connectivity index (χ0v) is 10.6. The lowest BCUT2D eigenvalue weighted by Gasteiger charge is -2.18. The van der Waals surface area contributed by atoms with E-state index in [1.807, 2.05) is 0 Å². The van der Waals surface area contributed by atoms with Crippen molar-refractivity contribution in [3.63, 3.8) is 0 Å². The van der Waals surface area contributed by atoms with Gasteiger partial charge in [-0.2, -0.15) is 0 Å². The van der Waals surface area contributed by atoms with Gasteiger partial charge in [-0.15, -0.1) is 0 Å². The van der Waals surface area contributed by atoms with Crippen molar-refractivity contribution in [2.75, 3.05) is 5.32 Å². The number of rotatable bonds is 4. The van der Waals surface area contributed by atoms with Crippen LogP contribution in [0.2, 0.25) is 0 Å². The van der Waals surface area contributed by atoms with Gasteiger partial charge in [0.2, 0.25) is 11.7 Å². The third-order valence-electron chi connectivity index (χ3n) is 3.40. The van der Waals surface area contributed by atoms with Crippen LogP contribution in [0.4, 0.5) is 11.5 Å². The highest BCUT2D eigenvalue weighted by atomic mass is 16.6. The summed E-state index contributed by atoms with van der Waals surface area (Å²) in [7, 11) is 0. The summed E-state index contributed by atoms with van der Waals surface area (Å²) >= 11 is 0. The molecule has 0 aromatic carbocycles. The van der Waals surface area contributed by atoms with Crippen LogP contribution in [0.1, 0.15) is 24.8 Å². The van der Waals surface area contributed by atoms with E-state index in [0.717, 1.165) is 18.4 Å². The van der Waals surface area contributed by atoms with Crippen LogP contribution in [0.25, 0.3) is 0 Å². The number of nitrogens with one attached hydrogen (secondary N) is 1. The molecule has 1 heterocycles. The van der Waals surface area contributed by atoms with Crippen LogP contribution in [0.5, 0.6) is 0 Å². The number of primary amides is 1. The van der Waals surface area contributed by atoms with E-state index in [4.69, 9.17) is 5.73 Å². The first-order valence-corrected chi connectivity index (χ1v) is 6.16. The molecule has 0 radical (unpaired) electrons. The third kappa shape index (κ3) is 2.81. The number of nitrogens with zero attached hydrogens (tertiary/aromatic N) is 2. The molecule has 1 saturated carbocycles. The van der Waals surface area contributed by atoms with Gasteiger partial charge in [0, 0.05) is 18.3 Å². The number of carbonyl (C=O) groups excluding carboxylic acids is 1. The van der Waals surface area contributed by atoms with E-state index in [1.165, 1.54) is 6.07 Å². The molecule has 1 aromatic heterocycles. The van der Waals surface area contributed by atoms with Crippen molar-refractivity contribution in [2.45, 2.75) is 32.2 Å². The number of aryl methyl sites for hydroxylation is 1. The van der Waals surface area contributed by atoms with Gasteiger partial charge in [-0.05, 0) is 25.3 Å². The summed E-state index contributed by atoms with van der Waals surface area (Å²) in [5, 5.41) is 14.0. The monoisotopic (exact) mass is 264 g/mol. The molecule has 0 unspecified atom stereocenters. The lowest BCUT2D eigenvalue weighted by atomic mass is 10.0. The van der Waals surface area contributed by atoms with Crippen molar-refractivity contribution in [3.05, 3.63) is 27.9 Å². The molecule has 0 bridgehead atoms. The van der Waals surface area contributed by atoms with Crippen LogP contribution in [0.3, 0.4) is 0 Å². The molecular formula is C12H16N4O3. The lowest BCUT2D eigenvalue weighted by Crippen LogP contribution is -2.34. The number of carbonyl (C=O) groups is 1. The number of amides is 1. The number of nitro groups is 1. The highest BCUT2D eigenvalue weighted by Crippen LogP contribution is 2.31. The third-order valence-corrected chi connectivity index (χ3v) is 3.40. The number of aromatic nitrogens is 1. The Balaban J connectivity index is 2.23. The van der Waals surface area contributed by atoms with Gasteiger partial charge in [0.1, 0.15) is 0 Å². The molecule has 1 amide bonds. The normalized spacial score (nSPS) is 22.2. The summed E-state index contributed by atoms with van der Waals surface area (Å²) in [6, 6.07) is 1.29.